The van der Waals surface area contributed by atoms with E-state index in [0.29, 0.717) is 5.82 Å². The average Bonchev–Trinajstić information content (AvgIpc) is 2.66. The molecule has 0 atom stereocenters. The number of nitrogen functional groups attached to an aromatic ring is 1. The molecule has 0 saturated heterocycles. The van der Waals surface area contributed by atoms with Crippen LogP contribution in [0.25, 0.3) is 21.9 Å². The van der Waals surface area contributed by atoms with E-state index in [0.717, 1.165) is 21.9 Å². The monoisotopic (exact) mass is 185 g/mol. The molecule has 14 heavy (non-hydrogen) atoms. The van der Waals surface area contributed by atoms with Gasteiger partial charge in [-0.1, -0.05) is 0 Å². The van der Waals surface area contributed by atoms with Gasteiger partial charge in [-0.2, -0.15) is 0 Å². The van der Waals surface area contributed by atoms with E-state index in [1.807, 2.05) is 18.2 Å². The Bertz CT molecular complexity index is 615. The molecule has 0 bridgehead atoms. The number of furan rings is 1. The lowest BCUT2D eigenvalue weighted by molar-refractivity contribution is 0.616. The van der Waals surface area contributed by atoms with E-state index in [1.165, 1.54) is 6.33 Å². The lowest BCUT2D eigenvalue weighted by atomic mass is 10.1. The van der Waals surface area contributed by atoms with Crippen LogP contribution in [0, 0.1) is 0 Å². The lowest BCUT2D eigenvalue weighted by Crippen LogP contribution is -1.92. The fraction of sp³-hybridized carbons (Fsp3) is 0. The molecule has 0 aliphatic carbocycles. The van der Waals surface area contributed by atoms with Crippen molar-refractivity contribution in [3.05, 3.63) is 30.8 Å². The van der Waals surface area contributed by atoms with Crippen LogP contribution in [0.5, 0.6) is 0 Å². The first kappa shape index (κ1) is 7.32. The van der Waals surface area contributed by atoms with Crippen LogP contribution in [-0.2, 0) is 0 Å². The van der Waals surface area contributed by atoms with Crippen molar-refractivity contribution < 1.29 is 4.42 Å². The van der Waals surface area contributed by atoms with Crippen molar-refractivity contribution in [1.29, 1.82) is 0 Å². The van der Waals surface area contributed by atoms with Gasteiger partial charge in [0.2, 0.25) is 0 Å². The van der Waals surface area contributed by atoms with E-state index in [4.69, 9.17) is 10.2 Å². The highest BCUT2D eigenvalue weighted by atomic mass is 16.3. The molecule has 0 aliphatic rings. The number of aromatic nitrogens is 2. The third kappa shape index (κ3) is 0.821. The molecule has 0 unspecified atom stereocenters. The number of hydrogen-bond donors (Lipinski definition) is 1. The second kappa shape index (κ2) is 2.45. The van der Waals surface area contributed by atoms with Crippen LogP contribution < -0.4 is 5.73 Å². The highest BCUT2D eigenvalue weighted by Crippen LogP contribution is 2.26. The average molecular weight is 185 g/mol. The molecule has 0 saturated carbocycles. The van der Waals surface area contributed by atoms with E-state index in [1.54, 1.807) is 6.26 Å². The molecule has 0 fully saturated rings. The fourth-order valence-corrected chi connectivity index (χ4v) is 1.59. The molecule has 0 radical (unpaired) electrons. The number of hydrogen-bond acceptors (Lipinski definition) is 4. The molecule has 4 nitrogen and oxygen atoms in total. The minimum atomic E-state index is 0.498. The molecule has 0 amide bonds. The summed E-state index contributed by atoms with van der Waals surface area (Å²) in [5.41, 5.74) is 7.39. The van der Waals surface area contributed by atoms with E-state index in [9.17, 15) is 0 Å². The van der Waals surface area contributed by atoms with Crippen LogP contribution >= 0.6 is 0 Å². The van der Waals surface area contributed by atoms with Gasteiger partial charge in [-0.25, -0.2) is 9.97 Å². The Morgan fingerprint density at radius 3 is 2.93 bits per heavy atom. The summed E-state index contributed by atoms with van der Waals surface area (Å²) in [5.74, 6) is 0.498. The van der Waals surface area contributed by atoms with E-state index in [-0.39, 0.29) is 0 Å². The van der Waals surface area contributed by atoms with Crippen molar-refractivity contribution in [3.63, 3.8) is 0 Å². The molecule has 4 heteroatoms. The zero-order valence-electron chi connectivity index (χ0n) is 7.27. The maximum atomic E-state index is 5.73. The van der Waals surface area contributed by atoms with Gasteiger partial charge >= 0.3 is 0 Å². The minimum Gasteiger partial charge on any atom is -0.464 e. The predicted octanol–water partition coefficient (Wildman–Crippen LogP) is 1.96. The summed E-state index contributed by atoms with van der Waals surface area (Å²) >= 11 is 0. The molecule has 3 rings (SSSR count). The first-order valence-corrected chi connectivity index (χ1v) is 4.22. The van der Waals surface area contributed by atoms with Gasteiger partial charge in [0.05, 0.1) is 11.8 Å². The van der Waals surface area contributed by atoms with Crippen LogP contribution in [0.2, 0.25) is 0 Å². The SMILES string of the molecule is Nc1ncnc2c1ccc1occc12. The summed E-state index contributed by atoms with van der Waals surface area (Å²) in [5, 5.41) is 1.83. The highest BCUT2D eigenvalue weighted by molar-refractivity contribution is 6.06. The van der Waals surface area contributed by atoms with Crippen molar-refractivity contribution in [1.82, 2.24) is 9.97 Å². The van der Waals surface area contributed by atoms with Crippen molar-refractivity contribution in [2.24, 2.45) is 0 Å². The van der Waals surface area contributed by atoms with Gasteiger partial charge in [-0.05, 0) is 18.2 Å². The first-order valence-electron chi connectivity index (χ1n) is 4.22. The molecular weight excluding hydrogens is 178 g/mol. The maximum Gasteiger partial charge on any atom is 0.136 e. The van der Waals surface area contributed by atoms with Gasteiger partial charge in [-0.3, -0.25) is 0 Å². The number of fused-ring (bicyclic) bond motifs is 3. The van der Waals surface area contributed by atoms with E-state index >= 15 is 0 Å². The number of nitrogens with zero attached hydrogens (tertiary/aromatic N) is 2. The Balaban J connectivity index is 2.64. The Morgan fingerprint density at radius 1 is 1.07 bits per heavy atom. The third-order valence-electron chi connectivity index (χ3n) is 2.27. The van der Waals surface area contributed by atoms with Crippen molar-refractivity contribution in [2.75, 3.05) is 5.73 Å². The number of nitrogens with two attached hydrogens (primary N) is 1. The summed E-state index contributed by atoms with van der Waals surface area (Å²) in [6.45, 7) is 0. The van der Waals surface area contributed by atoms with E-state index in [2.05, 4.69) is 9.97 Å². The third-order valence-corrected chi connectivity index (χ3v) is 2.27. The van der Waals surface area contributed by atoms with E-state index < -0.39 is 0 Å². The summed E-state index contributed by atoms with van der Waals surface area (Å²) < 4.78 is 5.26. The molecule has 3 aromatic rings. The summed E-state index contributed by atoms with van der Waals surface area (Å²) in [4.78, 5) is 8.13. The van der Waals surface area contributed by atoms with Gasteiger partial charge in [0.15, 0.2) is 0 Å². The van der Waals surface area contributed by atoms with Crippen LogP contribution in [-0.4, -0.2) is 9.97 Å². The summed E-state index contributed by atoms with van der Waals surface area (Å²) in [6, 6.07) is 5.62. The molecule has 2 aromatic heterocycles. The second-order valence-corrected chi connectivity index (χ2v) is 3.05. The van der Waals surface area contributed by atoms with Gasteiger partial charge in [0.1, 0.15) is 17.7 Å². The van der Waals surface area contributed by atoms with Gasteiger partial charge < -0.3 is 10.2 Å². The fourth-order valence-electron chi connectivity index (χ4n) is 1.59. The maximum absolute atomic E-state index is 5.73. The molecular formula is C10H7N3O. The standard InChI is InChI=1S/C10H7N3O/c11-10-7-1-2-8-6(3-4-14-8)9(7)12-5-13-10/h1-5H,(H2,11,12,13). The van der Waals surface area contributed by atoms with Crippen LogP contribution in [0.1, 0.15) is 0 Å². The van der Waals surface area contributed by atoms with Crippen LogP contribution in [0.15, 0.2) is 35.2 Å². The quantitative estimate of drug-likeness (QED) is 0.581. The van der Waals surface area contributed by atoms with Gasteiger partial charge in [0, 0.05) is 10.8 Å². The molecule has 0 spiro atoms. The molecule has 68 valence electrons. The predicted molar refractivity (Wildman–Crippen MR) is 53.7 cm³/mol. The smallest absolute Gasteiger partial charge is 0.136 e. The lowest BCUT2D eigenvalue weighted by Gasteiger charge is -1.99. The van der Waals surface area contributed by atoms with Crippen LogP contribution in [0.4, 0.5) is 5.82 Å². The molecule has 1 aromatic carbocycles. The zero-order chi connectivity index (χ0) is 9.54. The van der Waals surface area contributed by atoms with Crippen molar-refractivity contribution >= 4 is 27.7 Å². The van der Waals surface area contributed by atoms with Gasteiger partial charge in [-0.15, -0.1) is 0 Å². The Labute approximate surface area is 79.4 Å². The summed E-state index contributed by atoms with van der Waals surface area (Å²) in [7, 11) is 0. The molecule has 0 aliphatic heterocycles. The Kier molecular flexibility index (Phi) is 1.28. The number of anilines is 1. The largest absolute Gasteiger partial charge is 0.464 e. The molecule has 2 N–H and O–H groups in total. The summed E-state index contributed by atoms with van der Waals surface area (Å²) in [6.07, 6.45) is 3.10. The number of benzene rings is 1. The van der Waals surface area contributed by atoms with Gasteiger partial charge in [0.25, 0.3) is 0 Å². The van der Waals surface area contributed by atoms with Crippen LogP contribution in [0.3, 0.4) is 0 Å². The highest BCUT2D eigenvalue weighted by Gasteiger charge is 2.05. The Hall–Kier alpha value is -2.10. The number of rotatable bonds is 0. The normalized spacial score (nSPS) is 11.1. The van der Waals surface area contributed by atoms with Crippen molar-refractivity contribution in [3.8, 4) is 0 Å². The second-order valence-electron chi connectivity index (χ2n) is 3.05. The topological polar surface area (TPSA) is 64.9 Å². The Morgan fingerprint density at radius 2 is 2.00 bits per heavy atom. The molecule has 2 heterocycles. The van der Waals surface area contributed by atoms with Crippen molar-refractivity contribution in [2.45, 2.75) is 0 Å². The zero-order valence-corrected chi connectivity index (χ0v) is 7.27. The first-order chi connectivity index (χ1) is 6.86. The minimum absolute atomic E-state index is 0.498.